The standard InChI is InChI=1S/C21H22N2O3S/c1-12-6-8-16(13(2)10-12)23-20(24)19-14(3)22-21(27-19)15-7-9-17(25-4)18(11-15)26-5/h6-11H,1-5H3,(H,23,24). The Morgan fingerprint density at radius 2 is 1.74 bits per heavy atom. The Balaban J connectivity index is 1.89. The maximum Gasteiger partial charge on any atom is 0.267 e. The molecule has 0 bridgehead atoms. The molecule has 0 saturated heterocycles. The van der Waals surface area contributed by atoms with Gasteiger partial charge in [0.05, 0.1) is 19.9 Å². The van der Waals surface area contributed by atoms with Gasteiger partial charge in [-0.2, -0.15) is 0 Å². The van der Waals surface area contributed by atoms with E-state index in [0.29, 0.717) is 22.1 Å². The highest BCUT2D eigenvalue weighted by Crippen LogP contribution is 2.35. The second-order valence-corrected chi connectivity index (χ2v) is 7.27. The first-order valence-corrected chi connectivity index (χ1v) is 9.33. The summed E-state index contributed by atoms with van der Waals surface area (Å²) in [5.74, 6) is 1.13. The van der Waals surface area contributed by atoms with Crippen LogP contribution in [-0.4, -0.2) is 25.1 Å². The smallest absolute Gasteiger partial charge is 0.267 e. The fraction of sp³-hybridized carbons (Fsp3) is 0.238. The van der Waals surface area contributed by atoms with Crippen molar-refractivity contribution < 1.29 is 14.3 Å². The van der Waals surface area contributed by atoms with Crippen molar-refractivity contribution in [2.24, 2.45) is 0 Å². The van der Waals surface area contributed by atoms with E-state index < -0.39 is 0 Å². The van der Waals surface area contributed by atoms with Crippen molar-refractivity contribution in [2.75, 3.05) is 19.5 Å². The number of anilines is 1. The van der Waals surface area contributed by atoms with Crippen LogP contribution in [0.3, 0.4) is 0 Å². The predicted octanol–water partition coefficient (Wildman–Crippen LogP) is 5.00. The topological polar surface area (TPSA) is 60.5 Å². The number of rotatable bonds is 5. The van der Waals surface area contributed by atoms with Crippen LogP contribution in [-0.2, 0) is 0 Å². The monoisotopic (exact) mass is 382 g/mol. The summed E-state index contributed by atoms with van der Waals surface area (Å²) in [7, 11) is 3.19. The maximum absolute atomic E-state index is 12.8. The molecule has 0 radical (unpaired) electrons. The predicted molar refractivity (Wildman–Crippen MR) is 109 cm³/mol. The van der Waals surface area contributed by atoms with Crippen LogP contribution in [0.2, 0.25) is 0 Å². The number of thiazole rings is 1. The van der Waals surface area contributed by atoms with Gasteiger partial charge in [0.1, 0.15) is 9.88 Å². The summed E-state index contributed by atoms with van der Waals surface area (Å²) in [4.78, 5) is 17.9. The third kappa shape index (κ3) is 3.95. The van der Waals surface area contributed by atoms with Gasteiger partial charge in [-0.05, 0) is 50.6 Å². The quantitative estimate of drug-likeness (QED) is 0.674. The van der Waals surface area contributed by atoms with Gasteiger partial charge in [-0.3, -0.25) is 4.79 Å². The van der Waals surface area contributed by atoms with Crippen molar-refractivity contribution in [3.8, 4) is 22.1 Å². The summed E-state index contributed by atoms with van der Waals surface area (Å²) in [6.07, 6.45) is 0. The molecule has 6 heteroatoms. The molecule has 2 aromatic carbocycles. The van der Waals surface area contributed by atoms with Crippen molar-refractivity contribution in [3.63, 3.8) is 0 Å². The van der Waals surface area contributed by atoms with E-state index >= 15 is 0 Å². The average Bonchev–Trinajstić information content (AvgIpc) is 3.05. The number of carbonyl (C=O) groups is 1. The molecule has 0 aliphatic heterocycles. The largest absolute Gasteiger partial charge is 0.493 e. The average molecular weight is 382 g/mol. The summed E-state index contributed by atoms with van der Waals surface area (Å²) < 4.78 is 10.6. The number of ether oxygens (including phenoxy) is 2. The third-order valence-corrected chi connectivity index (χ3v) is 5.47. The van der Waals surface area contributed by atoms with E-state index in [4.69, 9.17) is 9.47 Å². The minimum Gasteiger partial charge on any atom is -0.493 e. The number of nitrogens with one attached hydrogen (secondary N) is 1. The van der Waals surface area contributed by atoms with Crippen molar-refractivity contribution in [2.45, 2.75) is 20.8 Å². The Labute approximate surface area is 163 Å². The first kappa shape index (κ1) is 18.9. The number of aryl methyl sites for hydroxylation is 3. The Hall–Kier alpha value is -2.86. The maximum atomic E-state index is 12.8. The van der Waals surface area contributed by atoms with Crippen LogP contribution in [0.4, 0.5) is 5.69 Å². The van der Waals surface area contributed by atoms with Crippen LogP contribution in [0.1, 0.15) is 26.5 Å². The molecule has 0 unspecified atom stereocenters. The van der Waals surface area contributed by atoms with Crippen molar-refractivity contribution in [1.82, 2.24) is 4.98 Å². The lowest BCUT2D eigenvalue weighted by molar-refractivity contribution is 0.102. The van der Waals surface area contributed by atoms with E-state index in [-0.39, 0.29) is 5.91 Å². The molecule has 27 heavy (non-hydrogen) atoms. The second kappa shape index (κ2) is 7.80. The molecular formula is C21H22N2O3S. The summed E-state index contributed by atoms with van der Waals surface area (Å²) in [6, 6.07) is 11.6. The van der Waals surface area contributed by atoms with Gasteiger partial charge in [-0.15, -0.1) is 11.3 Å². The van der Waals surface area contributed by atoms with Gasteiger partial charge >= 0.3 is 0 Å². The highest BCUT2D eigenvalue weighted by Gasteiger charge is 2.18. The van der Waals surface area contributed by atoms with Crippen LogP contribution < -0.4 is 14.8 Å². The first-order chi connectivity index (χ1) is 12.9. The number of methoxy groups -OCH3 is 2. The number of hydrogen-bond acceptors (Lipinski definition) is 5. The Bertz CT molecular complexity index is 995. The van der Waals surface area contributed by atoms with Crippen LogP contribution in [0, 0.1) is 20.8 Å². The normalized spacial score (nSPS) is 10.6. The van der Waals surface area contributed by atoms with E-state index in [1.165, 1.54) is 11.3 Å². The highest BCUT2D eigenvalue weighted by atomic mass is 32.1. The molecule has 0 saturated carbocycles. The lowest BCUT2D eigenvalue weighted by Crippen LogP contribution is -2.12. The van der Waals surface area contributed by atoms with E-state index in [2.05, 4.69) is 10.3 Å². The second-order valence-electron chi connectivity index (χ2n) is 6.28. The van der Waals surface area contributed by atoms with E-state index in [9.17, 15) is 4.79 Å². The Morgan fingerprint density at radius 1 is 1.00 bits per heavy atom. The lowest BCUT2D eigenvalue weighted by atomic mass is 10.1. The number of amides is 1. The molecule has 3 aromatic rings. The molecule has 0 aliphatic rings. The van der Waals surface area contributed by atoms with E-state index in [0.717, 1.165) is 27.4 Å². The Morgan fingerprint density at radius 3 is 2.41 bits per heavy atom. The van der Waals surface area contributed by atoms with Gasteiger partial charge in [0.15, 0.2) is 11.5 Å². The number of aromatic nitrogens is 1. The highest BCUT2D eigenvalue weighted by molar-refractivity contribution is 7.17. The fourth-order valence-corrected chi connectivity index (χ4v) is 3.79. The number of nitrogens with zero attached hydrogens (tertiary/aromatic N) is 1. The van der Waals surface area contributed by atoms with Gasteiger partial charge in [0.2, 0.25) is 0 Å². The van der Waals surface area contributed by atoms with Crippen LogP contribution in [0.5, 0.6) is 11.5 Å². The van der Waals surface area contributed by atoms with Gasteiger partial charge in [-0.25, -0.2) is 4.98 Å². The molecule has 1 amide bonds. The fourth-order valence-electron chi connectivity index (χ4n) is 2.83. The zero-order chi connectivity index (χ0) is 19.6. The van der Waals surface area contributed by atoms with Gasteiger partial charge in [0, 0.05) is 11.3 Å². The summed E-state index contributed by atoms with van der Waals surface area (Å²) in [6.45, 7) is 5.86. The van der Waals surface area contributed by atoms with Crippen molar-refractivity contribution in [3.05, 3.63) is 58.1 Å². The zero-order valence-electron chi connectivity index (χ0n) is 16.0. The molecule has 5 nitrogen and oxygen atoms in total. The molecule has 0 spiro atoms. The van der Waals surface area contributed by atoms with Gasteiger partial charge in [-0.1, -0.05) is 17.7 Å². The van der Waals surface area contributed by atoms with Crippen LogP contribution >= 0.6 is 11.3 Å². The molecule has 1 aromatic heterocycles. The molecule has 1 heterocycles. The third-order valence-electron chi connectivity index (χ3n) is 4.26. The van der Waals surface area contributed by atoms with Gasteiger partial charge < -0.3 is 14.8 Å². The molecule has 3 rings (SSSR count). The summed E-state index contributed by atoms with van der Waals surface area (Å²) >= 11 is 1.36. The molecule has 0 atom stereocenters. The summed E-state index contributed by atoms with van der Waals surface area (Å²) in [5, 5.41) is 3.75. The van der Waals surface area contributed by atoms with Crippen molar-refractivity contribution >= 4 is 22.9 Å². The Kier molecular flexibility index (Phi) is 5.46. The van der Waals surface area contributed by atoms with Crippen molar-refractivity contribution in [1.29, 1.82) is 0 Å². The SMILES string of the molecule is COc1ccc(-c2nc(C)c(C(=O)Nc3ccc(C)cc3C)s2)cc1OC. The van der Waals surface area contributed by atoms with E-state index in [1.807, 2.05) is 57.2 Å². The number of carbonyl (C=O) groups excluding carboxylic acids is 1. The van der Waals surface area contributed by atoms with Gasteiger partial charge in [0.25, 0.3) is 5.91 Å². The van der Waals surface area contributed by atoms with Crippen LogP contribution in [0.25, 0.3) is 10.6 Å². The summed E-state index contributed by atoms with van der Waals surface area (Å²) in [5.41, 5.74) is 4.59. The zero-order valence-corrected chi connectivity index (χ0v) is 16.9. The minimum atomic E-state index is -0.149. The number of benzene rings is 2. The molecule has 140 valence electrons. The first-order valence-electron chi connectivity index (χ1n) is 8.51. The lowest BCUT2D eigenvalue weighted by Gasteiger charge is -2.08. The van der Waals surface area contributed by atoms with E-state index in [1.54, 1.807) is 14.2 Å². The number of hydrogen-bond donors (Lipinski definition) is 1. The molecule has 0 fully saturated rings. The minimum absolute atomic E-state index is 0.149. The molecular weight excluding hydrogens is 360 g/mol. The van der Waals surface area contributed by atoms with Crippen LogP contribution in [0.15, 0.2) is 36.4 Å². The molecule has 0 aliphatic carbocycles. The molecule has 1 N–H and O–H groups in total.